The maximum Gasteiger partial charge on any atom is 0.510 e. The summed E-state index contributed by atoms with van der Waals surface area (Å²) in [5.74, 6) is 27.1. The van der Waals surface area contributed by atoms with Gasteiger partial charge in [-0.15, -0.1) is 40.8 Å². The standard InChI is InChI=1S/C49H47N9O4S2.C47H46N8O5S2/c1-35-29-41(61-33-45-53-55-47(63-43-17-5-3-6-18-43)57(45)39-15-10-25-50-31-39)23-21-37(35)13-9-27-52-49(59)60-28-12-14-38-22-24-42(30-36(38)2)62-34-46-54-56-48(64-44-19-7-4-8-20-44)58(46)40-16-11-26-51-32-40;1-33-27-39(59-31-43-50-52-45(61-41-15-3-4-16-41)54(43)37-13-7-23-48-29-37)21-19-35(33)11-9-25-57-47(56)58-26-10-12-36-20-22-40(28-34(36)2)60-32-44-51-53-46(62-42-17-5-6-18-42)55(44)38-14-8-24-49-30-38/h5,7,10-11,15-17,19,21-26,29-32,43-44H,3-4,6,8,18,20,27-28,33-34H2,1-2H3,(H,52,59);7-8,13-14,19-24,27-30,41-42H,3-6,15-18,25-26,31-32H2,1-2H3/i;3D2,4D2,5D2,6D2,15D2,16D2,17D2,18D2,41D,42D. The maximum atomic E-state index is 12.4. The largest absolute Gasteiger partial charge is 0.510 e. The van der Waals surface area contributed by atoms with Crippen molar-refractivity contribution in [2.45, 2.75) is 185 Å². The number of thioether (sulfide) groups is 4. The second-order valence-electron chi connectivity index (χ2n) is 27.7. The second-order valence-corrected chi connectivity index (χ2v) is 32.1. The van der Waals surface area contributed by atoms with Crippen LogP contribution in [0.3, 0.4) is 0 Å². The summed E-state index contributed by atoms with van der Waals surface area (Å²) in [5, 5.41) is 32.8. The fourth-order valence-electron chi connectivity index (χ4n) is 12.7. The van der Waals surface area contributed by atoms with Crippen molar-refractivity contribution in [1.29, 1.82) is 0 Å². The Morgan fingerprint density at radius 2 is 0.738 bits per heavy atom. The highest BCUT2D eigenvalue weighted by molar-refractivity contribution is 8.00. The number of nitrogens with one attached hydrogen (secondary N) is 1. The molecule has 0 bridgehead atoms. The van der Waals surface area contributed by atoms with E-state index >= 15 is 0 Å². The molecule has 16 rings (SSSR count). The molecule has 2 saturated carbocycles. The number of carbonyl (C=O) groups is 2. The molecule has 8 heterocycles. The molecule has 4 aliphatic rings. The van der Waals surface area contributed by atoms with E-state index in [1.165, 1.54) is 46.8 Å². The third-order valence-electron chi connectivity index (χ3n) is 18.8. The molecule has 126 heavy (non-hydrogen) atoms. The number of hydrogen-bond acceptors (Lipinski definition) is 25. The van der Waals surface area contributed by atoms with Gasteiger partial charge in [-0.1, -0.05) is 144 Å². The van der Waals surface area contributed by atoms with E-state index < -0.39 is 73.7 Å². The summed E-state index contributed by atoms with van der Waals surface area (Å²) in [4.78, 5) is 41.5. The van der Waals surface area contributed by atoms with Crippen LogP contribution in [0.4, 0.5) is 9.59 Å². The van der Waals surface area contributed by atoms with E-state index in [1.807, 2.05) is 83.6 Å². The van der Waals surface area contributed by atoms with Crippen LogP contribution in [0.5, 0.6) is 23.0 Å². The van der Waals surface area contributed by atoms with Crippen LogP contribution in [0, 0.1) is 75.1 Å². The third kappa shape index (κ3) is 24.7. The zero-order chi connectivity index (χ0) is 103. The van der Waals surface area contributed by atoms with E-state index in [2.05, 4.69) is 138 Å². The zero-order valence-corrected chi connectivity index (χ0v) is 71.8. The minimum Gasteiger partial charge on any atom is -0.486 e. The predicted molar refractivity (Wildman–Crippen MR) is 484 cm³/mol. The average Bonchev–Trinajstić information content (AvgIpc) is 1.50. The Balaban J connectivity index is 0.000000222. The minimum atomic E-state index is -3.39. The van der Waals surface area contributed by atoms with Gasteiger partial charge in [0.1, 0.15) is 49.4 Å². The highest BCUT2D eigenvalue weighted by atomic mass is 32.2. The first-order valence-corrected chi connectivity index (χ1v) is 43.1. The van der Waals surface area contributed by atoms with E-state index in [0.29, 0.717) is 78.8 Å². The number of rotatable bonds is 28. The number of amides is 1. The molecule has 8 aromatic heterocycles. The zero-order valence-electron chi connectivity index (χ0n) is 86.5. The van der Waals surface area contributed by atoms with Gasteiger partial charge in [-0.25, -0.2) is 9.59 Å². The first kappa shape index (κ1) is 67.3. The summed E-state index contributed by atoms with van der Waals surface area (Å²) in [6.45, 7) is 6.82. The van der Waals surface area contributed by atoms with Crippen molar-refractivity contribution in [3.8, 4) is 93.1 Å². The molecule has 4 aliphatic carbocycles. The number of ether oxygens (including phenoxy) is 7. The van der Waals surface area contributed by atoms with Crippen molar-refractivity contribution >= 4 is 59.3 Å². The summed E-state index contributed by atoms with van der Waals surface area (Å²) in [7, 11) is 0. The van der Waals surface area contributed by atoms with Gasteiger partial charge in [0.25, 0.3) is 0 Å². The predicted octanol–water partition coefficient (Wildman–Crippen LogP) is 18.0. The summed E-state index contributed by atoms with van der Waals surface area (Å²) in [6, 6.07) is 35.4. The topological polar surface area (TPSA) is 285 Å². The molecule has 4 aromatic carbocycles. The Labute approximate surface area is 774 Å². The Bertz CT molecular complexity index is 6570. The highest BCUT2D eigenvalue weighted by Crippen LogP contribution is 2.39. The van der Waals surface area contributed by atoms with Crippen molar-refractivity contribution < 1.29 is 67.4 Å². The van der Waals surface area contributed by atoms with E-state index in [0.717, 1.165) is 69.6 Å². The van der Waals surface area contributed by atoms with Crippen LogP contribution < -0.4 is 24.3 Å². The van der Waals surface area contributed by atoms with Gasteiger partial charge < -0.3 is 38.5 Å². The molecule has 2 fully saturated rings. The molecule has 2 atom stereocenters. The van der Waals surface area contributed by atoms with Gasteiger partial charge in [-0.2, -0.15) is 0 Å². The average molecular weight is 1780 g/mol. The molecule has 0 spiro atoms. The minimum absolute atomic E-state index is 0.0743. The van der Waals surface area contributed by atoms with Gasteiger partial charge >= 0.3 is 12.2 Å². The molecule has 1 amide bonds. The summed E-state index contributed by atoms with van der Waals surface area (Å²) >= 11 is 3.83. The fourth-order valence-corrected chi connectivity index (χ4v) is 16.5. The van der Waals surface area contributed by atoms with Gasteiger partial charge in [-0.3, -0.25) is 38.2 Å². The van der Waals surface area contributed by atoms with E-state index in [9.17, 15) is 9.59 Å². The molecule has 0 radical (unpaired) electrons. The molecule has 26 nitrogen and oxygen atoms in total. The van der Waals surface area contributed by atoms with Crippen molar-refractivity contribution in [3.05, 3.63) is 263 Å². The summed E-state index contributed by atoms with van der Waals surface area (Å²) < 4.78 is 198. The molecular formula is C96H93N17O9S4. The van der Waals surface area contributed by atoms with Gasteiger partial charge in [0.15, 0.2) is 63.7 Å². The summed E-state index contributed by atoms with van der Waals surface area (Å²) in [6.07, 6.45) is 0.118. The van der Waals surface area contributed by atoms with Crippen LogP contribution in [-0.4, -0.2) is 139 Å². The van der Waals surface area contributed by atoms with Crippen molar-refractivity contribution in [3.63, 3.8) is 0 Å². The van der Waals surface area contributed by atoms with Crippen LogP contribution in [-0.2, 0) is 40.6 Å². The van der Waals surface area contributed by atoms with E-state index in [4.69, 9.17) is 57.8 Å². The number of hydrogen-bond donors (Lipinski definition) is 1. The maximum absolute atomic E-state index is 12.4. The summed E-state index contributed by atoms with van der Waals surface area (Å²) in [5.41, 5.74) is 8.42. The number of allylic oxidation sites excluding steroid dienone is 2. The molecular weight excluding hydrogens is 1660 g/mol. The lowest BCUT2D eigenvalue weighted by Gasteiger charge is -2.16. The Morgan fingerprint density at radius 3 is 1.04 bits per heavy atom. The molecule has 0 saturated heterocycles. The first-order valence-electron chi connectivity index (χ1n) is 48.7. The molecule has 1 N–H and O–H groups in total. The molecule has 12 aromatic rings. The second kappa shape index (κ2) is 45.0. The fraction of sp³-hybridized carbons (Fsp3) is 0.312. The van der Waals surface area contributed by atoms with Crippen LogP contribution in [0.15, 0.2) is 216 Å². The number of pyridine rings is 4. The van der Waals surface area contributed by atoms with Gasteiger partial charge in [0.2, 0.25) is 0 Å². The van der Waals surface area contributed by atoms with E-state index in [-0.39, 0.29) is 98.3 Å². The van der Waals surface area contributed by atoms with E-state index in [1.54, 1.807) is 123 Å². The lowest BCUT2D eigenvalue weighted by Crippen LogP contribution is -2.24. The number of alkyl carbamates (subject to hydrolysis) is 1. The molecule has 0 aliphatic heterocycles. The van der Waals surface area contributed by atoms with Crippen LogP contribution in [0.25, 0.3) is 22.7 Å². The first-order chi connectivity index (χ1) is 68.7. The van der Waals surface area contributed by atoms with Crippen LogP contribution in [0.1, 0.15) is 182 Å². The number of aromatic nitrogens is 16. The van der Waals surface area contributed by atoms with Gasteiger partial charge in [-0.05, 0) is 235 Å². The quantitative estimate of drug-likeness (QED) is 0.0271. The lowest BCUT2D eigenvalue weighted by molar-refractivity contribution is 0.0745. The smallest absolute Gasteiger partial charge is 0.486 e. The number of benzene rings is 4. The lowest BCUT2D eigenvalue weighted by atomic mass is 10.1. The van der Waals surface area contributed by atoms with Crippen molar-refractivity contribution in [2.24, 2.45) is 0 Å². The Kier molecular flexibility index (Phi) is 24.0. The van der Waals surface area contributed by atoms with Crippen LogP contribution in [0.2, 0.25) is 0 Å². The number of aryl methyl sites for hydroxylation is 4. The van der Waals surface area contributed by atoms with Gasteiger partial charge in [0, 0.05) is 92.7 Å². The van der Waals surface area contributed by atoms with Crippen molar-refractivity contribution in [2.75, 3.05) is 26.4 Å². The third-order valence-corrected chi connectivity index (χ3v) is 22.9. The normalized spacial score (nSPS) is 20.4. The van der Waals surface area contributed by atoms with Crippen LogP contribution >= 0.6 is 47.0 Å². The number of nitrogens with zero attached hydrogens (tertiary/aromatic N) is 16. The Morgan fingerprint density at radius 1 is 0.421 bits per heavy atom. The molecule has 640 valence electrons. The Hall–Kier alpha value is -13.1. The van der Waals surface area contributed by atoms with Crippen molar-refractivity contribution in [1.82, 2.24) is 84.3 Å². The highest BCUT2D eigenvalue weighted by Gasteiger charge is 2.27. The molecule has 30 heteroatoms. The monoisotopic (exact) mass is 1770 g/mol. The van der Waals surface area contributed by atoms with Gasteiger partial charge in [0.05, 0.1) is 54.1 Å². The molecule has 2 unspecified atom stereocenters. The number of carbonyl (C=O) groups excluding carboxylic acids is 2. The SMILES string of the molecule is Cc1cc(OCc2nnc(SC3C=CCCC3)n2-c2cccnc2)ccc1C#CCNC(=O)OCC#Cc1ccc(OCc2nnc(SC3C=CCCC3)n2-c2cccnc2)cc1C.[2H]C1([2H])C([2H])([2H])C([2H])([2H])C([2H])(Sc2nnc(COc3ccc(C#CCOC(=O)OCC#Cc4ccc(OCc5nnc(SC6([2H])C([2H])([2H])C([2H])([2H])C([2H])([2H])C6([2H])[2H])n5-c5cccnc5)cc4C)c(C)c3)n2-c2cccnc2)C1([2H])[2H].